The van der Waals surface area contributed by atoms with E-state index in [1.54, 1.807) is 0 Å². The van der Waals surface area contributed by atoms with Gasteiger partial charge in [0.15, 0.2) is 0 Å². The summed E-state index contributed by atoms with van der Waals surface area (Å²) in [7, 11) is 0. The number of aromatic nitrogens is 1. The van der Waals surface area contributed by atoms with E-state index in [0.29, 0.717) is 47.7 Å². The predicted octanol–water partition coefficient (Wildman–Crippen LogP) is 5.74. The lowest BCUT2D eigenvalue weighted by atomic mass is 9.43. The first-order chi connectivity index (χ1) is 16.6. The number of amides is 1. The average molecular weight is 483 g/mol. The van der Waals surface area contributed by atoms with Gasteiger partial charge in [-0.2, -0.15) is 0 Å². The van der Waals surface area contributed by atoms with Crippen molar-refractivity contribution in [1.29, 1.82) is 0 Å². The number of hydrogen-bond acceptors (Lipinski definition) is 4. The van der Waals surface area contributed by atoms with Gasteiger partial charge in [0.1, 0.15) is 5.82 Å². The fourth-order valence-corrected chi connectivity index (χ4v) is 9.54. The maximum Gasteiger partial charge on any atom is 0.225 e. The molecule has 5 nitrogen and oxygen atoms in total. The van der Waals surface area contributed by atoms with Crippen LogP contribution in [0.15, 0.2) is 18.2 Å². The molecule has 1 aromatic rings. The van der Waals surface area contributed by atoms with E-state index in [4.69, 9.17) is 0 Å². The topological polar surface area (TPSA) is 82.5 Å². The van der Waals surface area contributed by atoms with E-state index >= 15 is 0 Å². The van der Waals surface area contributed by atoms with Gasteiger partial charge in [0, 0.05) is 12.1 Å². The van der Waals surface area contributed by atoms with Gasteiger partial charge in [-0.3, -0.25) is 4.79 Å². The zero-order chi connectivity index (χ0) is 25.0. The molecule has 4 saturated carbocycles. The van der Waals surface area contributed by atoms with E-state index in [1.807, 2.05) is 25.1 Å². The van der Waals surface area contributed by atoms with Gasteiger partial charge in [-0.25, -0.2) is 4.98 Å². The smallest absolute Gasteiger partial charge is 0.225 e. The van der Waals surface area contributed by atoms with Gasteiger partial charge in [-0.15, -0.1) is 0 Å². The number of aliphatic hydroxyl groups excluding tert-OH is 2. The van der Waals surface area contributed by atoms with E-state index in [-0.39, 0.29) is 28.9 Å². The van der Waals surface area contributed by atoms with Crippen molar-refractivity contribution in [3.8, 4) is 0 Å². The number of aliphatic hydroxyl groups is 2. The summed E-state index contributed by atoms with van der Waals surface area (Å²) in [6.45, 7) is 9.09. The van der Waals surface area contributed by atoms with E-state index in [1.165, 1.54) is 25.7 Å². The SMILES string of the molecule is Cc1cccc(NC(=O)CCC(C)C2CCC3C4CCC5CC(O)CCC5(C)C4CC(O)C23C)n1. The molecule has 0 aromatic carbocycles. The van der Waals surface area contributed by atoms with Gasteiger partial charge in [0.25, 0.3) is 0 Å². The average Bonchev–Trinajstić information content (AvgIpc) is 3.17. The Morgan fingerprint density at radius 3 is 2.69 bits per heavy atom. The highest BCUT2D eigenvalue weighted by molar-refractivity contribution is 5.89. The number of pyridine rings is 1. The molecule has 1 aromatic heterocycles. The maximum absolute atomic E-state index is 12.6. The lowest BCUT2D eigenvalue weighted by Gasteiger charge is -2.62. The Labute approximate surface area is 211 Å². The number of hydrogen-bond donors (Lipinski definition) is 3. The Bertz CT molecular complexity index is 936. The molecular weight excluding hydrogens is 436 g/mol. The van der Waals surface area contributed by atoms with Crippen molar-refractivity contribution in [3.63, 3.8) is 0 Å². The van der Waals surface area contributed by atoms with Crippen LogP contribution in [0.3, 0.4) is 0 Å². The third-order valence-electron chi connectivity index (χ3n) is 11.5. The Hall–Kier alpha value is -1.46. The zero-order valence-electron chi connectivity index (χ0n) is 22.2. The summed E-state index contributed by atoms with van der Waals surface area (Å²) in [5.41, 5.74) is 1.13. The number of nitrogens with zero attached hydrogens (tertiary/aromatic N) is 1. The lowest BCUT2D eigenvalue weighted by Crippen LogP contribution is -2.58. The van der Waals surface area contributed by atoms with Gasteiger partial charge in [-0.05, 0) is 123 Å². The van der Waals surface area contributed by atoms with Crippen molar-refractivity contribution in [2.24, 2.45) is 46.3 Å². The van der Waals surface area contributed by atoms with Crippen LogP contribution in [0.4, 0.5) is 5.82 Å². The first-order valence-electron chi connectivity index (χ1n) is 14.2. The Morgan fingerprint density at radius 1 is 1.11 bits per heavy atom. The first-order valence-corrected chi connectivity index (χ1v) is 14.2. The van der Waals surface area contributed by atoms with Crippen LogP contribution in [0, 0.1) is 53.3 Å². The molecule has 4 aliphatic rings. The van der Waals surface area contributed by atoms with Crippen molar-refractivity contribution in [2.75, 3.05) is 5.32 Å². The van der Waals surface area contributed by atoms with Crippen LogP contribution in [-0.4, -0.2) is 33.3 Å². The van der Waals surface area contributed by atoms with Crippen LogP contribution < -0.4 is 5.32 Å². The summed E-state index contributed by atoms with van der Waals surface area (Å²) in [5, 5.41) is 25.0. The highest BCUT2D eigenvalue weighted by atomic mass is 16.3. The van der Waals surface area contributed by atoms with Crippen LogP contribution in [0.5, 0.6) is 0 Å². The third kappa shape index (κ3) is 4.35. The third-order valence-corrected chi connectivity index (χ3v) is 11.5. The number of carbonyl (C=O) groups excluding carboxylic acids is 1. The molecule has 1 heterocycles. The lowest BCUT2D eigenvalue weighted by molar-refractivity contribution is -0.174. The quantitative estimate of drug-likeness (QED) is 0.500. The minimum atomic E-state index is -0.267. The highest BCUT2D eigenvalue weighted by Gasteiger charge is 2.63. The Balaban J connectivity index is 1.25. The molecule has 1 amide bonds. The number of rotatable bonds is 5. The van der Waals surface area contributed by atoms with Gasteiger partial charge >= 0.3 is 0 Å². The molecule has 3 N–H and O–H groups in total. The number of anilines is 1. The second-order valence-corrected chi connectivity index (χ2v) is 13.1. The molecule has 0 saturated heterocycles. The summed E-state index contributed by atoms with van der Waals surface area (Å²) in [6.07, 6.45) is 9.75. The summed E-state index contributed by atoms with van der Waals surface area (Å²) < 4.78 is 0. The molecule has 4 fully saturated rings. The molecule has 5 rings (SSSR count). The molecule has 0 aliphatic heterocycles. The second-order valence-electron chi connectivity index (χ2n) is 13.1. The summed E-state index contributed by atoms with van der Waals surface area (Å²) in [6, 6.07) is 5.69. The molecule has 194 valence electrons. The number of carbonyl (C=O) groups is 1. The van der Waals surface area contributed by atoms with E-state index < -0.39 is 0 Å². The predicted molar refractivity (Wildman–Crippen MR) is 139 cm³/mol. The minimum absolute atomic E-state index is 0.0321. The molecule has 35 heavy (non-hydrogen) atoms. The fourth-order valence-electron chi connectivity index (χ4n) is 9.54. The summed E-state index contributed by atoms with van der Waals surface area (Å²) >= 11 is 0. The van der Waals surface area contributed by atoms with Gasteiger partial charge in [-0.1, -0.05) is 26.8 Å². The molecule has 10 unspecified atom stereocenters. The molecular formula is C30H46N2O3. The van der Waals surface area contributed by atoms with Crippen molar-refractivity contribution < 1.29 is 15.0 Å². The van der Waals surface area contributed by atoms with Crippen LogP contribution in [0.2, 0.25) is 0 Å². The fraction of sp³-hybridized carbons (Fsp3) is 0.800. The first kappa shape index (κ1) is 25.2. The number of fused-ring (bicyclic) bond motifs is 5. The van der Waals surface area contributed by atoms with Gasteiger partial charge in [0.05, 0.1) is 12.2 Å². The van der Waals surface area contributed by atoms with Crippen LogP contribution in [0.1, 0.15) is 90.7 Å². The maximum atomic E-state index is 12.6. The Morgan fingerprint density at radius 2 is 1.91 bits per heavy atom. The molecule has 0 radical (unpaired) electrons. The number of nitrogens with one attached hydrogen (secondary N) is 1. The van der Waals surface area contributed by atoms with Crippen molar-refractivity contribution in [2.45, 2.75) is 104 Å². The number of aryl methyl sites for hydroxylation is 1. The van der Waals surface area contributed by atoms with Crippen LogP contribution >= 0.6 is 0 Å². The normalized spacial score (nSPS) is 43.5. The van der Waals surface area contributed by atoms with E-state index in [9.17, 15) is 15.0 Å². The van der Waals surface area contributed by atoms with Crippen molar-refractivity contribution in [1.82, 2.24) is 4.98 Å². The standard InChI is InChI=1S/C30H46N2O3/c1-18(8-13-28(35)32-27-7-5-6-19(2)31-27)23-11-12-24-22-10-9-20-16-21(33)14-15-29(20,3)25(22)17-26(34)30(23,24)4/h5-7,18,20-26,33-34H,8-17H2,1-4H3,(H,31,32,35). The van der Waals surface area contributed by atoms with Gasteiger partial charge in [0.2, 0.25) is 5.91 Å². The minimum Gasteiger partial charge on any atom is -0.393 e. The molecule has 0 spiro atoms. The Kier molecular flexibility index (Phi) is 6.80. The van der Waals surface area contributed by atoms with Gasteiger partial charge < -0.3 is 15.5 Å². The van der Waals surface area contributed by atoms with Crippen LogP contribution in [-0.2, 0) is 4.79 Å². The molecule has 10 atom stereocenters. The summed E-state index contributed by atoms with van der Waals surface area (Å²) in [5.74, 6) is 4.01. The largest absolute Gasteiger partial charge is 0.393 e. The molecule has 5 heteroatoms. The van der Waals surface area contributed by atoms with E-state index in [2.05, 4.69) is 31.1 Å². The zero-order valence-corrected chi connectivity index (χ0v) is 22.2. The van der Waals surface area contributed by atoms with Crippen molar-refractivity contribution >= 4 is 11.7 Å². The highest BCUT2D eigenvalue weighted by Crippen LogP contribution is 2.68. The second kappa shape index (κ2) is 9.45. The van der Waals surface area contributed by atoms with Crippen molar-refractivity contribution in [3.05, 3.63) is 23.9 Å². The monoisotopic (exact) mass is 482 g/mol. The summed E-state index contributed by atoms with van der Waals surface area (Å²) in [4.78, 5) is 17.0. The van der Waals surface area contributed by atoms with E-state index in [0.717, 1.165) is 37.8 Å². The van der Waals surface area contributed by atoms with Crippen LogP contribution in [0.25, 0.3) is 0 Å². The molecule has 4 aliphatic carbocycles. The molecule has 0 bridgehead atoms.